The molecule has 0 spiro atoms. The lowest BCUT2D eigenvalue weighted by Gasteiger charge is -2.16. The first-order valence-corrected chi connectivity index (χ1v) is 9.37. The fourth-order valence-electron chi connectivity index (χ4n) is 2.38. The highest BCUT2D eigenvalue weighted by Crippen LogP contribution is 2.18. The SMILES string of the molecule is CCCCN(C)C(=O)CC(=O)Nc1ccc(OCc2ccc(Cl)cc2)cc1. The molecule has 0 bridgehead atoms. The Labute approximate surface area is 165 Å². The Hall–Kier alpha value is -2.53. The first-order valence-electron chi connectivity index (χ1n) is 8.99. The molecule has 2 rings (SSSR count). The number of halogens is 1. The summed E-state index contributed by atoms with van der Waals surface area (Å²) in [6, 6.07) is 14.5. The summed E-state index contributed by atoms with van der Waals surface area (Å²) in [5.74, 6) is 0.195. The highest BCUT2D eigenvalue weighted by molar-refractivity contribution is 6.30. The van der Waals surface area contributed by atoms with Gasteiger partial charge in [0.25, 0.3) is 0 Å². The number of hydrogen-bond acceptors (Lipinski definition) is 3. The Morgan fingerprint density at radius 1 is 1.07 bits per heavy atom. The van der Waals surface area contributed by atoms with Crippen molar-refractivity contribution < 1.29 is 14.3 Å². The summed E-state index contributed by atoms with van der Waals surface area (Å²) in [6.07, 6.45) is 1.78. The highest BCUT2D eigenvalue weighted by atomic mass is 35.5. The van der Waals surface area contributed by atoms with Crippen molar-refractivity contribution in [1.82, 2.24) is 4.90 Å². The molecule has 2 aromatic rings. The largest absolute Gasteiger partial charge is 0.489 e. The summed E-state index contributed by atoms with van der Waals surface area (Å²) in [7, 11) is 1.72. The maximum absolute atomic E-state index is 12.0. The summed E-state index contributed by atoms with van der Waals surface area (Å²) >= 11 is 5.86. The summed E-state index contributed by atoms with van der Waals surface area (Å²) in [5.41, 5.74) is 1.64. The van der Waals surface area contributed by atoms with Crippen LogP contribution in [0.3, 0.4) is 0 Å². The van der Waals surface area contributed by atoms with E-state index in [1.165, 1.54) is 0 Å². The molecule has 0 heterocycles. The number of unbranched alkanes of at least 4 members (excludes halogenated alkanes) is 1. The Balaban J connectivity index is 1.79. The molecule has 0 radical (unpaired) electrons. The second-order valence-electron chi connectivity index (χ2n) is 6.33. The van der Waals surface area contributed by atoms with Gasteiger partial charge in [-0.15, -0.1) is 0 Å². The zero-order valence-corrected chi connectivity index (χ0v) is 16.5. The van der Waals surface area contributed by atoms with E-state index in [4.69, 9.17) is 16.3 Å². The van der Waals surface area contributed by atoms with Gasteiger partial charge in [0.15, 0.2) is 0 Å². The number of nitrogens with one attached hydrogen (secondary N) is 1. The van der Waals surface area contributed by atoms with E-state index in [0.29, 0.717) is 29.6 Å². The van der Waals surface area contributed by atoms with Crippen LogP contribution in [-0.2, 0) is 16.2 Å². The number of carbonyl (C=O) groups is 2. The molecule has 0 fully saturated rings. The van der Waals surface area contributed by atoms with E-state index in [2.05, 4.69) is 12.2 Å². The van der Waals surface area contributed by atoms with Crippen LogP contribution in [0.5, 0.6) is 5.75 Å². The lowest BCUT2D eigenvalue weighted by atomic mass is 10.2. The molecular formula is C21H25ClN2O3. The molecule has 6 heteroatoms. The molecule has 0 aliphatic heterocycles. The maximum atomic E-state index is 12.0. The van der Waals surface area contributed by atoms with E-state index >= 15 is 0 Å². The summed E-state index contributed by atoms with van der Waals surface area (Å²) in [4.78, 5) is 25.6. The molecule has 144 valence electrons. The third kappa shape index (κ3) is 7.31. The molecule has 0 unspecified atom stereocenters. The van der Waals surface area contributed by atoms with Crippen LogP contribution in [0, 0.1) is 0 Å². The van der Waals surface area contributed by atoms with Gasteiger partial charge < -0.3 is 15.0 Å². The lowest BCUT2D eigenvalue weighted by molar-refractivity contribution is -0.133. The predicted molar refractivity (Wildman–Crippen MR) is 108 cm³/mol. The van der Waals surface area contributed by atoms with Crippen LogP contribution in [0.2, 0.25) is 5.02 Å². The van der Waals surface area contributed by atoms with Crippen molar-refractivity contribution in [2.24, 2.45) is 0 Å². The molecule has 0 saturated heterocycles. The van der Waals surface area contributed by atoms with Crippen molar-refractivity contribution in [2.45, 2.75) is 32.8 Å². The van der Waals surface area contributed by atoms with Gasteiger partial charge in [-0.1, -0.05) is 37.1 Å². The van der Waals surface area contributed by atoms with Gasteiger partial charge in [0.2, 0.25) is 11.8 Å². The molecule has 0 aliphatic rings. The van der Waals surface area contributed by atoms with Crippen LogP contribution >= 0.6 is 11.6 Å². The quantitative estimate of drug-likeness (QED) is 0.643. The fourth-order valence-corrected chi connectivity index (χ4v) is 2.51. The van der Waals surface area contributed by atoms with Gasteiger partial charge in [0.05, 0.1) is 0 Å². The van der Waals surface area contributed by atoms with E-state index in [1.807, 2.05) is 24.3 Å². The Morgan fingerprint density at radius 3 is 2.37 bits per heavy atom. The van der Waals surface area contributed by atoms with Gasteiger partial charge in [-0.3, -0.25) is 9.59 Å². The van der Waals surface area contributed by atoms with Crippen LogP contribution in [0.4, 0.5) is 5.69 Å². The van der Waals surface area contributed by atoms with E-state index in [-0.39, 0.29) is 18.2 Å². The minimum atomic E-state index is -0.321. The smallest absolute Gasteiger partial charge is 0.233 e. The van der Waals surface area contributed by atoms with Crippen LogP contribution in [-0.4, -0.2) is 30.3 Å². The topological polar surface area (TPSA) is 58.6 Å². The van der Waals surface area contributed by atoms with Gasteiger partial charge in [0, 0.05) is 24.3 Å². The normalized spacial score (nSPS) is 10.3. The van der Waals surface area contributed by atoms with Gasteiger partial charge in [0.1, 0.15) is 18.8 Å². The summed E-state index contributed by atoms with van der Waals surface area (Å²) < 4.78 is 5.71. The number of rotatable bonds is 9. The van der Waals surface area contributed by atoms with Gasteiger partial charge >= 0.3 is 0 Å². The van der Waals surface area contributed by atoms with Crippen LogP contribution in [0.15, 0.2) is 48.5 Å². The average molecular weight is 389 g/mol. The molecule has 0 saturated carbocycles. The Kier molecular flexibility index (Phi) is 8.14. The molecule has 1 N–H and O–H groups in total. The van der Waals surface area contributed by atoms with E-state index in [0.717, 1.165) is 18.4 Å². The number of anilines is 1. The Morgan fingerprint density at radius 2 is 1.74 bits per heavy atom. The van der Waals surface area contributed by atoms with Crippen molar-refractivity contribution in [1.29, 1.82) is 0 Å². The zero-order chi connectivity index (χ0) is 19.6. The predicted octanol–water partition coefficient (Wildman–Crippen LogP) is 4.51. The lowest BCUT2D eigenvalue weighted by Crippen LogP contribution is -2.31. The van der Waals surface area contributed by atoms with Gasteiger partial charge in [-0.05, 0) is 48.4 Å². The van der Waals surface area contributed by atoms with E-state index in [9.17, 15) is 9.59 Å². The minimum absolute atomic E-state index is 0.158. The molecule has 0 aromatic heterocycles. The number of benzene rings is 2. The van der Waals surface area contributed by atoms with E-state index < -0.39 is 0 Å². The molecule has 5 nitrogen and oxygen atoms in total. The second-order valence-corrected chi connectivity index (χ2v) is 6.77. The van der Waals surface area contributed by atoms with Crippen molar-refractivity contribution >= 4 is 29.1 Å². The monoisotopic (exact) mass is 388 g/mol. The van der Waals surface area contributed by atoms with Crippen molar-refractivity contribution in [3.63, 3.8) is 0 Å². The fraction of sp³-hybridized carbons (Fsp3) is 0.333. The molecular weight excluding hydrogens is 364 g/mol. The molecule has 0 atom stereocenters. The van der Waals surface area contributed by atoms with Crippen molar-refractivity contribution in [2.75, 3.05) is 18.9 Å². The molecule has 2 amide bonds. The average Bonchev–Trinajstić information content (AvgIpc) is 2.66. The minimum Gasteiger partial charge on any atom is -0.489 e. The number of nitrogens with zero attached hydrogens (tertiary/aromatic N) is 1. The third-order valence-electron chi connectivity index (χ3n) is 4.04. The van der Waals surface area contributed by atoms with Crippen LogP contribution < -0.4 is 10.1 Å². The van der Waals surface area contributed by atoms with Gasteiger partial charge in [-0.2, -0.15) is 0 Å². The summed E-state index contributed by atoms with van der Waals surface area (Å²) in [5, 5.41) is 3.42. The summed E-state index contributed by atoms with van der Waals surface area (Å²) in [6.45, 7) is 3.16. The Bertz CT molecular complexity index is 745. The van der Waals surface area contributed by atoms with Crippen molar-refractivity contribution in [3.8, 4) is 5.75 Å². The number of amides is 2. The maximum Gasteiger partial charge on any atom is 0.233 e. The van der Waals surface area contributed by atoms with Crippen LogP contribution in [0.1, 0.15) is 31.7 Å². The van der Waals surface area contributed by atoms with Gasteiger partial charge in [-0.25, -0.2) is 0 Å². The molecule has 27 heavy (non-hydrogen) atoms. The first kappa shape index (κ1) is 20.8. The van der Waals surface area contributed by atoms with E-state index in [1.54, 1.807) is 36.2 Å². The molecule has 2 aromatic carbocycles. The number of ether oxygens (including phenoxy) is 1. The molecule has 0 aliphatic carbocycles. The first-order chi connectivity index (χ1) is 13.0. The zero-order valence-electron chi connectivity index (χ0n) is 15.7. The van der Waals surface area contributed by atoms with Crippen LogP contribution in [0.25, 0.3) is 0 Å². The second kappa shape index (κ2) is 10.6. The van der Waals surface area contributed by atoms with Crippen molar-refractivity contribution in [3.05, 3.63) is 59.1 Å². The number of carbonyl (C=O) groups excluding carboxylic acids is 2. The third-order valence-corrected chi connectivity index (χ3v) is 4.29. The standard InChI is InChI=1S/C21H25ClN2O3/c1-3-4-13-24(2)21(26)14-20(25)23-18-9-11-19(12-10-18)27-15-16-5-7-17(22)8-6-16/h5-12H,3-4,13-15H2,1-2H3,(H,23,25). The number of hydrogen-bond donors (Lipinski definition) is 1. The highest BCUT2D eigenvalue weighted by Gasteiger charge is 2.13.